The highest BCUT2D eigenvalue weighted by Gasteiger charge is 2.31. The van der Waals surface area contributed by atoms with Crippen LogP contribution in [0.3, 0.4) is 0 Å². The van der Waals surface area contributed by atoms with Gasteiger partial charge in [0.2, 0.25) is 0 Å². The number of allylic oxidation sites excluding steroid dienone is 1. The van der Waals surface area contributed by atoms with Gasteiger partial charge in [-0.2, -0.15) is 0 Å². The Hall–Kier alpha value is -4.45. The number of anilines is 1. The van der Waals surface area contributed by atoms with Gasteiger partial charge in [-0.1, -0.05) is 68.9 Å². The van der Waals surface area contributed by atoms with Crippen LogP contribution in [0.5, 0.6) is 5.75 Å². The van der Waals surface area contributed by atoms with Gasteiger partial charge in [0.1, 0.15) is 12.1 Å². The molecule has 2 heterocycles. The standard InChI is InChI=1S/C34H37F3N6O2S/c1-21(2)30-23(4)7-6-8-29(30)43-24(5)19-46-33(43)40-32(44)38-18-22(3)17-25-9-11-26(12-10-25)31-39-20-42(41-31)27-13-15-28(16-14-27)45-34(35,36)37/h6-16,19-22,33H,17-18H2,1-5H3,(H2,38,40,44). The van der Waals surface area contributed by atoms with Crippen molar-refractivity contribution in [2.75, 3.05) is 11.4 Å². The number of nitrogens with zero attached hydrogens (tertiary/aromatic N) is 4. The summed E-state index contributed by atoms with van der Waals surface area (Å²) < 4.78 is 42.7. The number of benzene rings is 3. The smallest absolute Gasteiger partial charge is 0.406 e. The van der Waals surface area contributed by atoms with Gasteiger partial charge in [0.25, 0.3) is 0 Å². The molecule has 2 N–H and O–H groups in total. The number of ether oxygens (including phenoxy) is 1. The molecule has 8 nitrogen and oxygen atoms in total. The summed E-state index contributed by atoms with van der Waals surface area (Å²) in [4.78, 5) is 19.5. The van der Waals surface area contributed by atoms with Crippen molar-refractivity contribution in [1.82, 2.24) is 25.4 Å². The molecule has 2 amide bonds. The Morgan fingerprint density at radius 3 is 2.41 bits per heavy atom. The van der Waals surface area contributed by atoms with Crippen molar-refractivity contribution in [1.29, 1.82) is 0 Å². The number of carbonyl (C=O) groups excluding carboxylic acids is 1. The van der Waals surface area contributed by atoms with Crippen LogP contribution in [0.15, 0.2) is 84.2 Å². The van der Waals surface area contributed by atoms with Crippen LogP contribution in [0.2, 0.25) is 0 Å². The number of halogens is 3. The fourth-order valence-electron chi connectivity index (χ4n) is 5.52. The SMILES string of the molecule is CC1=CSC(NC(=O)NCC(C)Cc2ccc(-c3ncn(-c4ccc(OC(F)(F)F)cc4)n3)cc2)N1c1cccc(C)c1C(C)C. The van der Waals surface area contributed by atoms with E-state index in [4.69, 9.17) is 0 Å². The maximum Gasteiger partial charge on any atom is 0.573 e. The van der Waals surface area contributed by atoms with Crippen LogP contribution in [-0.4, -0.2) is 39.2 Å². The van der Waals surface area contributed by atoms with Crippen LogP contribution in [0.1, 0.15) is 50.3 Å². The number of urea groups is 1. The van der Waals surface area contributed by atoms with E-state index in [-0.39, 0.29) is 23.2 Å². The van der Waals surface area contributed by atoms with Crippen LogP contribution in [0.4, 0.5) is 23.7 Å². The number of carbonyl (C=O) groups is 1. The summed E-state index contributed by atoms with van der Waals surface area (Å²) >= 11 is 1.58. The second-order valence-electron chi connectivity index (χ2n) is 11.7. The largest absolute Gasteiger partial charge is 0.573 e. The van der Waals surface area contributed by atoms with Gasteiger partial charge in [-0.05, 0) is 84.5 Å². The highest BCUT2D eigenvalue weighted by molar-refractivity contribution is 8.03. The average Bonchev–Trinajstić information content (AvgIpc) is 3.63. The molecule has 1 aliphatic heterocycles. The molecule has 0 radical (unpaired) electrons. The first-order valence-corrected chi connectivity index (χ1v) is 15.9. The van der Waals surface area contributed by atoms with Crippen molar-refractivity contribution in [3.8, 4) is 22.8 Å². The molecule has 0 fully saturated rings. The third kappa shape index (κ3) is 8.03. The topological polar surface area (TPSA) is 84.3 Å². The molecular formula is C34H37F3N6O2S. The van der Waals surface area contributed by atoms with Crippen molar-refractivity contribution in [3.05, 3.63) is 101 Å². The van der Waals surface area contributed by atoms with Crippen molar-refractivity contribution >= 4 is 23.5 Å². The minimum absolute atomic E-state index is 0.190. The predicted octanol–water partition coefficient (Wildman–Crippen LogP) is 8.14. The number of alkyl halides is 3. The number of amides is 2. The molecule has 46 heavy (non-hydrogen) atoms. The Morgan fingerprint density at radius 2 is 1.74 bits per heavy atom. The molecule has 0 saturated heterocycles. The Labute approximate surface area is 271 Å². The number of hydrogen-bond acceptors (Lipinski definition) is 6. The zero-order chi connectivity index (χ0) is 33.0. The predicted molar refractivity (Wildman–Crippen MR) is 176 cm³/mol. The molecule has 2 atom stereocenters. The van der Waals surface area contributed by atoms with Gasteiger partial charge in [0, 0.05) is 23.5 Å². The molecule has 1 aromatic heterocycles. The van der Waals surface area contributed by atoms with Crippen molar-refractivity contribution in [2.45, 2.75) is 58.8 Å². The minimum Gasteiger partial charge on any atom is -0.406 e. The fourth-order valence-corrected chi connectivity index (χ4v) is 6.54. The molecular weight excluding hydrogens is 613 g/mol. The van der Waals surface area contributed by atoms with Gasteiger partial charge in [-0.15, -0.1) is 18.3 Å². The number of rotatable bonds is 10. The molecule has 0 aliphatic carbocycles. The van der Waals surface area contributed by atoms with E-state index < -0.39 is 6.36 Å². The maximum absolute atomic E-state index is 13.0. The van der Waals surface area contributed by atoms with E-state index in [9.17, 15) is 18.0 Å². The molecule has 2 unspecified atom stereocenters. The van der Waals surface area contributed by atoms with Crippen molar-refractivity contribution in [3.63, 3.8) is 0 Å². The highest BCUT2D eigenvalue weighted by Crippen LogP contribution is 2.39. The van der Waals surface area contributed by atoms with Crippen LogP contribution in [0, 0.1) is 12.8 Å². The number of aromatic nitrogens is 3. The van der Waals surface area contributed by atoms with E-state index in [1.165, 1.54) is 46.4 Å². The van der Waals surface area contributed by atoms with E-state index in [0.29, 0.717) is 24.0 Å². The molecule has 3 aromatic carbocycles. The van der Waals surface area contributed by atoms with Crippen LogP contribution < -0.4 is 20.3 Å². The average molecular weight is 651 g/mol. The monoisotopic (exact) mass is 650 g/mol. The molecule has 0 saturated carbocycles. The van der Waals surface area contributed by atoms with Gasteiger partial charge in [-0.25, -0.2) is 14.5 Å². The van der Waals surface area contributed by atoms with Crippen LogP contribution in [0.25, 0.3) is 17.1 Å². The second-order valence-corrected chi connectivity index (χ2v) is 12.6. The summed E-state index contributed by atoms with van der Waals surface area (Å²) in [5.41, 5.74) is 6.96. The number of hydrogen-bond donors (Lipinski definition) is 2. The lowest BCUT2D eigenvalue weighted by atomic mass is 9.95. The summed E-state index contributed by atoms with van der Waals surface area (Å²) in [6, 6.07) is 19.4. The Balaban J connectivity index is 1.13. The molecule has 12 heteroatoms. The van der Waals surface area contributed by atoms with E-state index >= 15 is 0 Å². The van der Waals surface area contributed by atoms with Crippen molar-refractivity contribution < 1.29 is 22.7 Å². The lowest BCUT2D eigenvalue weighted by Crippen LogP contribution is -2.48. The van der Waals surface area contributed by atoms with E-state index in [0.717, 1.165) is 28.9 Å². The first-order valence-electron chi connectivity index (χ1n) is 15.0. The van der Waals surface area contributed by atoms with Gasteiger partial charge in [0.05, 0.1) is 5.69 Å². The summed E-state index contributed by atoms with van der Waals surface area (Å²) in [5, 5.41) is 12.7. The first kappa shape index (κ1) is 32.9. The zero-order valence-electron chi connectivity index (χ0n) is 26.3. The zero-order valence-corrected chi connectivity index (χ0v) is 27.1. The molecule has 1 aliphatic rings. The van der Waals surface area contributed by atoms with Gasteiger partial charge in [-0.3, -0.25) is 0 Å². The molecule has 0 bridgehead atoms. The number of nitrogens with one attached hydrogen (secondary N) is 2. The van der Waals surface area contributed by atoms with E-state index in [1.54, 1.807) is 11.8 Å². The van der Waals surface area contributed by atoms with Gasteiger partial charge in [0.15, 0.2) is 11.3 Å². The molecule has 242 valence electrons. The molecule has 0 spiro atoms. The highest BCUT2D eigenvalue weighted by atomic mass is 32.2. The Kier molecular flexibility index (Phi) is 9.95. The molecule has 4 aromatic rings. The maximum atomic E-state index is 13.0. The number of thioether (sulfide) groups is 1. The lowest BCUT2D eigenvalue weighted by molar-refractivity contribution is -0.274. The summed E-state index contributed by atoms with van der Waals surface area (Å²) in [6.45, 7) is 11.2. The fraction of sp³-hybridized carbons (Fsp3) is 0.324. The minimum atomic E-state index is -4.74. The van der Waals surface area contributed by atoms with E-state index in [2.05, 4.69) is 88.6 Å². The second kappa shape index (κ2) is 13.9. The van der Waals surface area contributed by atoms with Gasteiger partial charge >= 0.3 is 12.4 Å². The Morgan fingerprint density at radius 1 is 1.02 bits per heavy atom. The van der Waals surface area contributed by atoms with Gasteiger partial charge < -0.3 is 20.3 Å². The lowest BCUT2D eigenvalue weighted by Gasteiger charge is -2.32. The number of aryl methyl sites for hydroxylation is 1. The summed E-state index contributed by atoms with van der Waals surface area (Å²) in [7, 11) is 0. The third-order valence-electron chi connectivity index (χ3n) is 7.61. The van der Waals surface area contributed by atoms with Crippen LogP contribution >= 0.6 is 11.8 Å². The quantitative estimate of drug-likeness (QED) is 0.180. The summed E-state index contributed by atoms with van der Waals surface area (Å²) in [5.74, 6) is 0.726. The summed E-state index contributed by atoms with van der Waals surface area (Å²) in [6.07, 6.45) is -2.47. The third-order valence-corrected chi connectivity index (χ3v) is 8.67. The first-order chi connectivity index (χ1) is 21.9. The normalized spacial score (nSPS) is 15.5. The molecule has 5 rings (SSSR count). The van der Waals surface area contributed by atoms with E-state index in [1.807, 2.05) is 24.3 Å². The Bertz CT molecular complexity index is 1690. The van der Waals surface area contributed by atoms with Crippen LogP contribution in [-0.2, 0) is 6.42 Å². The van der Waals surface area contributed by atoms with Crippen molar-refractivity contribution in [2.24, 2.45) is 5.92 Å².